The number of hydrogen-bond donors (Lipinski definition) is 1. The molecule has 1 saturated heterocycles. The van der Waals surface area contributed by atoms with Gasteiger partial charge in [0.1, 0.15) is 0 Å². The minimum absolute atomic E-state index is 0.700. The monoisotopic (exact) mass is 198 g/mol. The molecule has 0 radical (unpaired) electrons. The van der Waals surface area contributed by atoms with Crippen LogP contribution in [0.15, 0.2) is 0 Å². The normalized spacial score (nSPS) is 28.9. The smallest absolute Gasteiger partial charge is 0.0166 e. The van der Waals surface area contributed by atoms with Crippen LogP contribution in [0, 0.1) is 5.92 Å². The predicted molar refractivity (Wildman–Crippen MR) is 62.6 cm³/mol. The third kappa shape index (κ3) is 4.43. The van der Waals surface area contributed by atoms with Crippen LogP contribution in [-0.2, 0) is 0 Å². The number of nitrogens with zero attached hydrogens (tertiary/aromatic N) is 1. The van der Waals surface area contributed by atoms with Crippen molar-refractivity contribution in [3.63, 3.8) is 0 Å². The van der Waals surface area contributed by atoms with Gasteiger partial charge in [0.25, 0.3) is 0 Å². The van der Waals surface area contributed by atoms with Gasteiger partial charge < -0.3 is 10.2 Å². The lowest BCUT2D eigenvalue weighted by atomic mass is 10.3. The van der Waals surface area contributed by atoms with Gasteiger partial charge in [-0.1, -0.05) is 13.8 Å². The zero-order valence-electron chi connectivity index (χ0n) is 10.1. The Morgan fingerprint density at radius 1 is 1.29 bits per heavy atom. The molecule has 14 heavy (non-hydrogen) atoms. The van der Waals surface area contributed by atoms with Crippen LogP contribution in [0.25, 0.3) is 0 Å². The highest BCUT2D eigenvalue weighted by atomic mass is 15.2. The maximum atomic E-state index is 3.53. The Morgan fingerprint density at radius 2 is 2.00 bits per heavy atom. The maximum Gasteiger partial charge on any atom is 0.0166 e. The van der Waals surface area contributed by atoms with E-state index in [1.54, 1.807) is 0 Å². The minimum Gasteiger partial charge on any atom is -0.313 e. The highest BCUT2D eigenvalue weighted by Crippen LogP contribution is 2.29. The van der Waals surface area contributed by atoms with Crippen molar-refractivity contribution in [1.82, 2.24) is 10.2 Å². The second kappa shape index (κ2) is 6.41. The molecule has 2 nitrogen and oxygen atoms in total. The molecule has 0 amide bonds. The molecule has 0 bridgehead atoms. The van der Waals surface area contributed by atoms with Crippen LogP contribution in [0.2, 0.25) is 0 Å². The fraction of sp³-hybridized carbons (Fsp3) is 1.00. The van der Waals surface area contributed by atoms with Crippen LogP contribution in [0.4, 0.5) is 0 Å². The third-order valence-electron chi connectivity index (χ3n) is 2.89. The molecule has 2 heteroatoms. The van der Waals surface area contributed by atoms with Crippen LogP contribution in [0.3, 0.4) is 0 Å². The molecule has 0 aromatic heterocycles. The topological polar surface area (TPSA) is 15.3 Å². The molecule has 1 heterocycles. The Kier molecular flexibility index (Phi) is 5.49. The summed E-state index contributed by atoms with van der Waals surface area (Å²) in [6.45, 7) is 11.4. The van der Waals surface area contributed by atoms with Crippen molar-refractivity contribution in [2.45, 2.75) is 46.1 Å². The van der Waals surface area contributed by atoms with Gasteiger partial charge in [-0.15, -0.1) is 0 Å². The van der Waals surface area contributed by atoms with E-state index >= 15 is 0 Å². The van der Waals surface area contributed by atoms with Gasteiger partial charge in [-0.05, 0) is 45.2 Å². The SMILES string of the molecule is CC.C[C@H]1CN(CC2CC2)CCCN1. The lowest BCUT2D eigenvalue weighted by Gasteiger charge is -2.21. The van der Waals surface area contributed by atoms with Gasteiger partial charge in [-0.3, -0.25) is 0 Å². The van der Waals surface area contributed by atoms with E-state index in [4.69, 9.17) is 0 Å². The lowest BCUT2D eigenvalue weighted by Crippen LogP contribution is -2.36. The average molecular weight is 198 g/mol. The summed E-state index contributed by atoms with van der Waals surface area (Å²) in [5.74, 6) is 1.05. The fourth-order valence-electron chi connectivity index (χ4n) is 2.03. The molecule has 1 N–H and O–H groups in total. The predicted octanol–water partition coefficient (Wildman–Crippen LogP) is 2.11. The molecule has 1 atom stereocenters. The van der Waals surface area contributed by atoms with Crippen LogP contribution >= 0.6 is 0 Å². The first-order valence-corrected chi connectivity index (χ1v) is 6.30. The molecule has 0 aromatic carbocycles. The Morgan fingerprint density at radius 3 is 2.64 bits per heavy atom. The Balaban J connectivity index is 0.000000461. The summed E-state index contributed by atoms with van der Waals surface area (Å²) >= 11 is 0. The molecule has 2 fully saturated rings. The largest absolute Gasteiger partial charge is 0.313 e. The first-order valence-electron chi connectivity index (χ1n) is 6.30. The van der Waals surface area contributed by atoms with Gasteiger partial charge in [0.05, 0.1) is 0 Å². The van der Waals surface area contributed by atoms with Gasteiger partial charge in [-0.2, -0.15) is 0 Å². The van der Waals surface area contributed by atoms with Gasteiger partial charge in [-0.25, -0.2) is 0 Å². The number of nitrogens with one attached hydrogen (secondary N) is 1. The van der Waals surface area contributed by atoms with E-state index in [9.17, 15) is 0 Å². The van der Waals surface area contributed by atoms with E-state index in [1.165, 1.54) is 45.4 Å². The molecular formula is C12H26N2. The Labute approximate surface area is 89.1 Å². The van der Waals surface area contributed by atoms with E-state index in [0.29, 0.717) is 6.04 Å². The first-order chi connectivity index (χ1) is 6.84. The van der Waals surface area contributed by atoms with Crippen molar-refractivity contribution < 1.29 is 0 Å². The third-order valence-corrected chi connectivity index (χ3v) is 2.89. The summed E-state index contributed by atoms with van der Waals surface area (Å²) in [6.07, 6.45) is 4.30. The van der Waals surface area contributed by atoms with Crippen molar-refractivity contribution in [3.8, 4) is 0 Å². The molecule has 1 aliphatic carbocycles. The maximum absolute atomic E-state index is 3.53. The zero-order chi connectivity index (χ0) is 10.4. The van der Waals surface area contributed by atoms with Crippen molar-refractivity contribution >= 4 is 0 Å². The Hall–Kier alpha value is -0.0800. The van der Waals surface area contributed by atoms with Gasteiger partial charge in [0, 0.05) is 19.1 Å². The van der Waals surface area contributed by atoms with Crippen LogP contribution < -0.4 is 5.32 Å². The van der Waals surface area contributed by atoms with Crippen molar-refractivity contribution in [3.05, 3.63) is 0 Å². The van der Waals surface area contributed by atoms with E-state index < -0.39 is 0 Å². The fourth-order valence-corrected chi connectivity index (χ4v) is 2.03. The molecular weight excluding hydrogens is 172 g/mol. The quantitative estimate of drug-likeness (QED) is 0.731. The standard InChI is InChI=1S/C10H20N2.C2H6/c1-9-7-12(6-2-5-11-9)8-10-3-4-10;1-2/h9-11H,2-8H2,1H3;1-2H3/t9-;/m0./s1. The van der Waals surface area contributed by atoms with Gasteiger partial charge in [0.2, 0.25) is 0 Å². The van der Waals surface area contributed by atoms with E-state index in [-0.39, 0.29) is 0 Å². The highest BCUT2D eigenvalue weighted by Gasteiger charge is 2.25. The average Bonchev–Trinajstić information content (AvgIpc) is 2.99. The van der Waals surface area contributed by atoms with Crippen molar-refractivity contribution in [1.29, 1.82) is 0 Å². The van der Waals surface area contributed by atoms with Gasteiger partial charge >= 0.3 is 0 Å². The highest BCUT2D eigenvalue weighted by molar-refractivity contribution is 4.80. The molecule has 1 aliphatic heterocycles. The first kappa shape index (κ1) is 12.0. The summed E-state index contributed by atoms with van der Waals surface area (Å²) in [7, 11) is 0. The van der Waals surface area contributed by atoms with Crippen molar-refractivity contribution in [2.24, 2.45) is 5.92 Å². The molecule has 84 valence electrons. The second-order valence-electron chi connectivity index (χ2n) is 4.41. The summed E-state index contributed by atoms with van der Waals surface area (Å²) in [6, 6.07) is 0.700. The van der Waals surface area contributed by atoms with Crippen molar-refractivity contribution in [2.75, 3.05) is 26.2 Å². The summed E-state index contributed by atoms with van der Waals surface area (Å²) in [4.78, 5) is 2.64. The van der Waals surface area contributed by atoms with E-state index in [2.05, 4.69) is 17.1 Å². The molecule has 0 unspecified atom stereocenters. The van der Waals surface area contributed by atoms with Crippen LogP contribution in [-0.4, -0.2) is 37.1 Å². The number of hydrogen-bond acceptors (Lipinski definition) is 2. The van der Waals surface area contributed by atoms with Crippen LogP contribution in [0.1, 0.15) is 40.0 Å². The Bertz CT molecular complexity index is 143. The zero-order valence-corrected chi connectivity index (χ0v) is 10.1. The summed E-state index contributed by atoms with van der Waals surface area (Å²) in [5.41, 5.74) is 0. The molecule has 2 aliphatic rings. The minimum atomic E-state index is 0.700. The second-order valence-corrected chi connectivity index (χ2v) is 4.41. The molecule has 0 aromatic rings. The molecule has 1 saturated carbocycles. The summed E-state index contributed by atoms with van der Waals surface area (Å²) in [5, 5.41) is 3.53. The van der Waals surface area contributed by atoms with Crippen LogP contribution in [0.5, 0.6) is 0 Å². The molecule has 0 spiro atoms. The van der Waals surface area contributed by atoms with E-state index in [1.807, 2.05) is 13.8 Å². The number of rotatable bonds is 2. The molecule has 2 rings (SSSR count). The lowest BCUT2D eigenvalue weighted by molar-refractivity contribution is 0.262. The van der Waals surface area contributed by atoms with Gasteiger partial charge in [0.15, 0.2) is 0 Å². The summed E-state index contributed by atoms with van der Waals surface area (Å²) < 4.78 is 0. The van der Waals surface area contributed by atoms with E-state index in [0.717, 1.165) is 5.92 Å².